The summed E-state index contributed by atoms with van der Waals surface area (Å²) in [6.07, 6.45) is 10.0. The van der Waals surface area contributed by atoms with Gasteiger partial charge in [0.2, 0.25) is 5.91 Å². The number of allylic oxidation sites excluding steroid dienone is 1. The van der Waals surface area contributed by atoms with Crippen LogP contribution in [0.25, 0.3) is 16.1 Å². The maximum atomic E-state index is 12.9. The number of hydrogen-bond acceptors (Lipinski definition) is 8. The van der Waals surface area contributed by atoms with Crippen LogP contribution >= 0.6 is 11.3 Å². The first-order valence-electron chi connectivity index (χ1n) is 24.0. The summed E-state index contributed by atoms with van der Waals surface area (Å²) in [5.41, 5.74) is 12.1. The van der Waals surface area contributed by atoms with Crippen molar-refractivity contribution in [3.05, 3.63) is 224 Å². The Bertz CT molecular complexity index is 3060. The van der Waals surface area contributed by atoms with Crippen molar-refractivity contribution in [1.29, 1.82) is 0 Å². The molecule has 1 atom stereocenters. The summed E-state index contributed by atoms with van der Waals surface area (Å²) in [6.45, 7) is 9.91. The third-order valence-corrected chi connectivity index (χ3v) is 13.5. The summed E-state index contributed by atoms with van der Waals surface area (Å²) >= 11 is 1.50. The highest BCUT2D eigenvalue weighted by atomic mass is 32.1. The Morgan fingerprint density at radius 2 is 1.49 bits per heavy atom. The number of nitrogens with one attached hydrogen (secondary N) is 2. The van der Waals surface area contributed by atoms with E-state index in [0.717, 1.165) is 68.9 Å². The van der Waals surface area contributed by atoms with Crippen molar-refractivity contribution in [2.45, 2.75) is 85.7 Å². The molecule has 0 bridgehead atoms. The van der Waals surface area contributed by atoms with Crippen LogP contribution in [0.1, 0.15) is 107 Å². The lowest BCUT2D eigenvalue weighted by atomic mass is 9.87. The molecule has 2 aliphatic carbocycles. The average molecular weight is 965 g/mol. The molecule has 0 saturated heterocycles. The Hall–Kier alpha value is -7.76. The monoisotopic (exact) mass is 964 g/mol. The molecule has 7 aromatic rings. The number of hydrogen-bond donors (Lipinski definition) is 2. The number of aromatic nitrogens is 2. The number of carbonyl (C=O) groups is 5. The zero-order valence-corrected chi connectivity index (χ0v) is 41.8. The number of fused-ring (bicyclic) bond motifs is 1. The molecular formula is C60H60N4O6S. The fraction of sp³-hybridized carbons (Fsp3) is 0.233. The van der Waals surface area contributed by atoms with Crippen LogP contribution in [0.15, 0.2) is 180 Å². The minimum absolute atomic E-state index is 0.0460. The van der Waals surface area contributed by atoms with Crippen LogP contribution in [0.5, 0.6) is 0 Å². The number of thiophene rings is 1. The predicted molar refractivity (Wildman–Crippen MR) is 281 cm³/mol. The highest BCUT2D eigenvalue weighted by molar-refractivity contribution is 7.17. The Balaban J connectivity index is 0.000000157. The number of amides is 2. The van der Waals surface area contributed by atoms with E-state index < -0.39 is 0 Å². The van der Waals surface area contributed by atoms with E-state index in [1.807, 2.05) is 165 Å². The van der Waals surface area contributed by atoms with Crippen LogP contribution < -0.4 is 10.6 Å². The number of benzene rings is 4. The molecule has 3 heterocycles. The summed E-state index contributed by atoms with van der Waals surface area (Å²) in [7, 11) is 0. The van der Waals surface area contributed by atoms with E-state index in [0.29, 0.717) is 54.0 Å². The van der Waals surface area contributed by atoms with Gasteiger partial charge in [-0.05, 0) is 142 Å². The van der Waals surface area contributed by atoms with Gasteiger partial charge in [0.05, 0.1) is 35.3 Å². The number of carbonyl (C=O) groups excluding carboxylic acids is 5. The summed E-state index contributed by atoms with van der Waals surface area (Å²) in [4.78, 5) is 67.1. The van der Waals surface area contributed by atoms with Gasteiger partial charge in [-0.25, -0.2) is 4.79 Å². The Kier molecular flexibility index (Phi) is 17.8. The zero-order chi connectivity index (χ0) is 50.3. The van der Waals surface area contributed by atoms with E-state index in [1.165, 1.54) is 22.5 Å². The second-order valence-corrected chi connectivity index (χ2v) is 18.8. The zero-order valence-electron chi connectivity index (χ0n) is 41.0. The number of aryl methyl sites for hydroxylation is 2. The molecule has 0 aliphatic heterocycles. The number of ether oxygens (including phenoxy) is 1. The summed E-state index contributed by atoms with van der Waals surface area (Å²) in [6, 6.07) is 45.4. The molecule has 2 amide bonds. The normalized spacial score (nSPS) is 13.7. The fourth-order valence-electron chi connectivity index (χ4n) is 8.85. The molecule has 0 fully saturated rings. The molecule has 9 rings (SSSR count). The second-order valence-electron chi connectivity index (χ2n) is 17.7. The van der Waals surface area contributed by atoms with Crippen LogP contribution in [0, 0.1) is 6.92 Å². The average Bonchev–Trinajstić information content (AvgIpc) is 4.16. The molecular weight excluding hydrogens is 905 g/mol. The van der Waals surface area contributed by atoms with Crippen molar-refractivity contribution in [2.75, 3.05) is 6.61 Å². The first-order valence-corrected chi connectivity index (χ1v) is 24.8. The Morgan fingerprint density at radius 1 is 0.761 bits per heavy atom. The van der Waals surface area contributed by atoms with Gasteiger partial charge in [-0.2, -0.15) is 0 Å². The van der Waals surface area contributed by atoms with E-state index in [1.54, 1.807) is 20.0 Å². The van der Waals surface area contributed by atoms with Crippen LogP contribution in [-0.2, 0) is 44.9 Å². The van der Waals surface area contributed by atoms with E-state index in [-0.39, 0.29) is 35.4 Å². The smallest absolute Gasteiger partial charge is 0.338 e. The maximum absolute atomic E-state index is 12.9. The number of rotatable bonds is 14. The van der Waals surface area contributed by atoms with Gasteiger partial charge < -0.3 is 19.9 Å². The fourth-order valence-corrected chi connectivity index (χ4v) is 9.77. The molecule has 0 radical (unpaired) electrons. The van der Waals surface area contributed by atoms with E-state index >= 15 is 0 Å². The molecule has 4 aromatic carbocycles. The molecule has 362 valence electrons. The molecule has 10 nitrogen and oxygen atoms in total. The molecule has 0 spiro atoms. The van der Waals surface area contributed by atoms with E-state index in [4.69, 9.17) is 4.74 Å². The third-order valence-electron chi connectivity index (χ3n) is 12.4. The van der Waals surface area contributed by atoms with Gasteiger partial charge in [-0.3, -0.25) is 24.2 Å². The summed E-state index contributed by atoms with van der Waals surface area (Å²) in [5, 5.41) is 6.07. The van der Waals surface area contributed by atoms with Crippen molar-refractivity contribution in [3.8, 4) is 16.1 Å². The van der Waals surface area contributed by atoms with Gasteiger partial charge in [-0.1, -0.05) is 103 Å². The molecule has 2 aliphatic rings. The lowest BCUT2D eigenvalue weighted by molar-refractivity contribution is -0.138. The number of nitrogens with zero attached hydrogens (tertiary/aromatic N) is 2. The highest BCUT2D eigenvalue weighted by Crippen LogP contribution is 2.35. The Morgan fingerprint density at radius 3 is 2.23 bits per heavy atom. The van der Waals surface area contributed by atoms with Crippen LogP contribution in [0.3, 0.4) is 0 Å². The lowest BCUT2D eigenvalue weighted by Gasteiger charge is -2.26. The molecule has 0 unspecified atom stereocenters. The lowest BCUT2D eigenvalue weighted by Crippen LogP contribution is -2.32. The molecule has 2 N–H and O–H groups in total. The predicted octanol–water partition coefficient (Wildman–Crippen LogP) is 11.9. The van der Waals surface area contributed by atoms with Gasteiger partial charge >= 0.3 is 5.97 Å². The first kappa shape index (κ1) is 51.1. The number of pyridine rings is 1. The van der Waals surface area contributed by atoms with Gasteiger partial charge in [-0.15, -0.1) is 11.3 Å². The second kappa shape index (κ2) is 24.7. The van der Waals surface area contributed by atoms with E-state index in [9.17, 15) is 24.0 Å². The number of Topliss-reactive ketones (excluding diaryl/α,β-unsaturated/α-hetero) is 2. The molecule has 71 heavy (non-hydrogen) atoms. The van der Waals surface area contributed by atoms with Crippen LogP contribution in [0.4, 0.5) is 0 Å². The summed E-state index contributed by atoms with van der Waals surface area (Å²) in [5.74, 6) is -0.263. The van der Waals surface area contributed by atoms with Gasteiger partial charge in [0.1, 0.15) is 5.78 Å². The standard InChI is InChI=1S/C22H21NO2.C21H25NO3.C17H14N2OS/c1-16-8-9-20(15-21(16)23-10-3-4-11-23)22(25)14-19-7-5-6-18(13-19)12-17(2)24;1-4-25-21(24)19-13(2)12-17(14(19)3)20(23)22-18-11-7-9-15-8-5-6-10-16(15)18;20-17(19-12-14-8-4-5-11-18-14)16-10-9-15(21-16)13-6-2-1-3-7-13/h3-11,13,15H,12,14H2,1-2H3;5-6,8,10,18H,4,7,9,11-12H2,1-3H3,(H,22,23);1-11H,12H2,(H,19,20)/t;18-;/m.1./s1. The highest BCUT2D eigenvalue weighted by Gasteiger charge is 2.31. The summed E-state index contributed by atoms with van der Waals surface area (Å²) < 4.78 is 7.14. The van der Waals surface area contributed by atoms with Gasteiger partial charge in [0.15, 0.2) is 5.78 Å². The van der Waals surface area contributed by atoms with Crippen LogP contribution in [-0.4, -0.2) is 45.5 Å². The number of ketones is 2. The van der Waals surface area contributed by atoms with Crippen molar-refractivity contribution in [2.24, 2.45) is 0 Å². The third kappa shape index (κ3) is 13.7. The molecule has 11 heteroatoms. The topological polar surface area (TPSA) is 136 Å². The van der Waals surface area contributed by atoms with Crippen molar-refractivity contribution in [3.63, 3.8) is 0 Å². The molecule has 0 saturated carbocycles. The quantitative estimate of drug-likeness (QED) is 0.0818. The van der Waals surface area contributed by atoms with Crippen molar-refractivity contribution in [1.82, 2.24) is 20.2 Å². The van der Waals surface area contributed by atoms with Gasteiger partial charge in [0, 0.05) is 53.1 Å². The van der Waals surface area contributed by atoms with Crippen LogP contribution in [0.2, 0.25) is 0 Å². The Labute approximate surface area is 420 Å². The minimum Gasteiger partial charge on any atom is -0.462 e. The SMILES string of the molecule is CC(=O)Cc1cccc(CC(=O)c2ccc(C)c(-n3cccc3)c2)c1.CCOC(=O)C1=C(C)CC(C(=O)N[C@@H]2CCCc3ccccc32)=C1C.O=C(NCc1ccccn1)c1ccc(-c2ccccc2)s1. The van der Waals surface area contributed by atoms with Crippen molar-refractivity contribution < 1.29 is 28.7 Å². The minimum atomic E-state index is -0.330. The first-order chi connectivity index (χ1) is 34.4. The maximum Gasteiger partial charge on any atom is 0.338 e. The number of esters is 1. The van der Waals surface area contributed by atoms with E-state index in [2.05, 4.69) is 27.8 Å². The molecule has 3 aromatic heterocycles. The van der Waals surface area contributed by atoms with Crippen molar-refractivity contribution >= 4 is 40.7 Å². The van der Waals surface area contributed by atoms with Gasteiger partial charge in [0.25, 0.3) is 5.91 Å². The largest absolute Gasteiger partial charge is 0.462 e.